The molecule has 2 rings (SSSR count). The molecule has 0 radical (unpaired) electrons. The SMILES string of the molecule is C=CCCC(NC(=O)[C@@H]1CCCN1C(=O)[C@@H](NC(=O)OC(C)(C)C)C(C)(C)C)C(=O)C(=O)NCCC(=O)Cc1ccccc1.CCC. The van der Waals surface area contributed by atoms with Gasteiger partial charge in [0, 0.05) is 25.9 Å². The Morgan fingerprint density at radius 2 is 1.62 bits per heavy atom. The van der Waals surface area contributed by atoms with E-state index >= 15 is 0 Å². The molecule has 0 saturated carbocycles. The van der Waals surface area contributed by atoms with E-state index in [2.05, 4.69) is 36.4 Å². The van der Waals surface area contributed by atoms with E-state index < -0.39 is 58.7 Å². The summed E-state index contributed by atoms with van der Waals surface area (Å²) in [6.45, 7) is 18.8. The second-order valence-electron chi connectivity index (χ2n) is 13.8. The predicted molar refractivity (Wildman–Crippen MR) is 182 cm³/mol. The Kier molecular flexibility index (Phi) is 17.1. The van der Waals surface area contributed by atoms with E-state index in [0.717, 1.165) is 5.56 Å². The first-order chi connectivity index (χ1) is 21.9. The highest BCUT2D eigenvalue weighted by molar-refractivity contribution is 6.38. The molecule has 3 N–H and O–H groups in total. The number of carbonyl (C=O) groups is 6. The highest BCUT2D eigenvalue weighted by atomic mass is 16.6. The number of nitrogens with zero attached hydrogens (tertiary/aromatic N) is 1. The predicted octanol–water partition coefficient (Wildman–Crippen LogP) is 4.67. The summed E-state index contributed by atoms with van der Waals surface area (Å²) in [6.07, 6.45) is 3.78. The number of likely N-dealkylation sites (tertiary alicyclic amines) is 1. The van der Waals surface area contributed by atoms with Gasteiger partial charge in [0.2, 0.25) is 17.6 Å². The Morgan fingerprint density at radius 3 is 2.17 bits per heavy atom. The van der Waals surface area contributed by atoms with Gasteiger partial charge in [-0.3, -0.25) is 24.0 Å². The van der Waals surface area contributed by atoms with Crippen LogP contribution in [-0.2, 0) is 35.1 Å². The lowest BCUT2D eigenvalue weighted by Gasteiger charge is -2.36. The number of allylic oxidation sites excluding steroid dienone is 1. The molecule has 11 nitrogen and oxygen atoms in total. The first-order valence-electron chi connectivity index (χ1n) is 16.5. The van der Waals surface area contributed by atoms with Gasteiger partial charge < -0.3 is 25.6 Å². The van der Waals surface area contributed by atoms with Crippen molar-refractivity contribution in [2.75, 3.05) is 13.1 Å². The summed E-state index contributed by atoms with van der Waals surface area (Å²) in [5.41, 5.74) is -0.593. The van der Waals surface area contributed by atoms with Crippen LogP contribution in [0.1, 0.15) is 99.5 Å². The number of Topliss-reactive ketones (excluding diaryl/α,β-unsaturated/α-hetero) is 2. The number of alkyl carbamates (subject to hydrolysis) is 1. The monoisotopic (exact) mass is 656 g/mol. The standard InChI is InChI=1S/C33H48N4O7.C3H8/c1-8-9-16-24(26(39)29(41)34-19-18-23(38)21-22-14-11-10-12-15-22)35-28(40)25-17-13-20-37(25)30(42)27(32(2,3)4)36-31(43)44-33(5,6)7;1-3-2/h8,10-12,14-15,24-25,27H,1,9,13,16-21H2,2-7H3,(H,34,41)(H,35,40)(H,36,43);3H2,1-2H3/t24?,25-,27+;/m0./s1. The van der Waals surface area contributed by atoms with Gasteiger partial charge in [0.25, 0.3) is 5.91 Å². The second-order valence-corrected chi connectivity index (χ2v) is 13.8. The summed E-state index contributed by atoms with van der Waals surface area (Å²) in [6, 6.07) is 6.22. The van der Waals surface area contributed by atoms with E-state index in [1.165, 1.54) is 11.3 Å². The lowest BCUT2D eigenvalue weighted by Crippen LogP contribution is -2.59. The number of hydrogen-bond donors (Lipinski definition) is 3. The van der Waals surface area contributed by atoms with Crippen LogP contribution in [0.5, 0.6) is 0 Å². The molecule has 0 bridgehead atoms. The zero-order chi connectivity index (χ0) is 35.8. The summed E-state index contributed by atoms with van der Waals surface area (Å²) < 4.78 is 5.35. The fraction of sp³-hybridized carbons (Fsp3) is 0.611. The van der Waals surface area contributed by atoms with Gasteiger partial charge >= 0.3 is 6.09 Å². The van der Waals surface area contributed by atoms with Gasteiger partial charge in [-0.25, -0.2) is 4.79 Å². The van der Waals surface area contributed by atoms with Gasteiger partial charge in [0.1, 0.15) is 23.5 Å². The molecule has 11 heteroatoms. The topological polar surface area (TPSA) is 151 Å². The van der Waals surface area contributed by atoms with E-state index in [9.17, 15) is 28.8 Å². The summed E-state index contributed by atoms with van der Waals surface area (Å²) in [5, 5.41) is 7.83. The Hall–Kier alpha value is -4.02. The number of ketones is 2. The molecule has 0 aliphatic carbocycles. The van der Waals surface area contributed by atoms with E-state index in [0.29, 0.717) is 25.8 Å². The number of hydrogen-bond acceptors (Lipinski definition) is 7. The second kappa shape index (κ2) is 19.6. The third kappa shape index (κ3) is 15.0. The molecule has 1 aromatic rings. The summed E-state index contributed by atoms with van der Waals surface area (Å²) in [4.78, 5) is 79.2. The quantitative estimate of drug-likeness (QED) is 0.195. The number of carbonyl (C=O) groups excluding carboxylic acids is 6. The van der Waals surface area contributed by atoms with E-state index in [1.807, 2.05) is 30.3 Å². The third-order valence-electron chi connectivity index (χ3n) is 7.06. The molecule has 0 spiro atoms. The molecule has 1 aromatic carbocycles. The third-order valence-corrected chi connectivity index (χ3v) is 7.06. The zero-order valence-corrected chi connectivity index (χ0v) is 29.6. The molecular weight excluding hydrogens is 600 g/mol. The molecule has 1 heterocycles. The number of ether oxygens (including phenoxy) is 1. The van der Waals surface area contributed by atoms with Crippen molar-refractivity contribution >= 4 is 35.4 Å². The van der Waals surface area contributed by atoms with Crippen molar-refractivity contribution < 1.29 is 33.5 Å². The lowest BCUT2D eigenvalue weighted by molar-refractivity contribution is -0.144. The van der Waals surface area contributed by atoms with Crippen LogP contribution in [0.25, 0.3) is 0 Å². The lowest BCUT2D eigenvalue weighted by atomic mass is 9.85. The van der Waals surface area contributed by atoms with Gasteiger partial charge in [0.15, 0.2) is 0 Å². The van der Waals surface area contributed by atoms with Crippen LogP contribution < -0.4 is 16.0 Å². The normalized spacial score (nSPS) is 15.7. The number of nitrogens with one attached hydrogen (secondary N) is 3. The Bertz CT molecular complexity index is 1220. The molecule has 47 heavy (non-hydrogen) atoms. The maximum absolute atomic E-state index is 13.7. The fourth-order valence-electron chi connectivity index (χ4n) is 4.84. The number of benzene rings is 1. The highest BCUT2D eigenvalue weighted by Gasteiger charge is 2.43. The van der Waals surface area contributed by atoms with Crippen LogP contribution in [0.3, 0.4) is 0 Å². The minimum Gasteiger partial charge on any atom is -0.444 e. The molecule has 3 atom stereocenters. The van der Waals surface area contributed by atoms with Crippen molar-refractivity contribution in [3.8, 4) is 0 Å². The van der Waals surface area contributed by atoms with Crippen LogP contribution in [-0.4, -0.2) is 77.1 Å². The molecular formula is C36H56N4O7. The highest BCUT2D eigenvalue weighted by Crippen LogP contribution is 2.26. The van der Waals surface area contributed by atoms with Crippen LogP contribution in [0.2, 0.25) is 0 Å². The first kappa shape index (κ1) is 41.0. The minimum atomic E-state index is -1.14. The molecule has 1 aliphatic rings. The van der Waals surface area contributed by atoms with Gasteiger partial charge in [-0.2, -0.15) is 0 Å². The number of rotatable bonds is 14. The maximum Gasteiger partial charge on any atom is 0.408 e. The minimum absolute atomic E-state index is 0.0118. The molecule has 1 aliphatic heterocycles. The van der Waals surface area contributed by atoms with Crippen molar-refractivity contribution in [1.82, 2.24) is 20.9 Å². The van der Waals surface area contributed by atoms with E-state index in [4.69, 9.17) is 4.74 Å². The average molecular weight is 657 g/mol. The van der Waals surface area contributed by atoms with Crippen LogP contribution in [0.4, 0.5) is 4.79 Å². The summed E-state index contributed by atoms with van der Waals surface area (Å²) >= 11 is 0. The van der Waals surface area contributed by atoms with Gasteiger partial charge in [-0.1, -0.05) is 77.4 Å². The van der Waals surface area contributed by atoms with Crippen LogP contribution in [0, 0.1) is 5.41 Å². The molecule has 0 aromatic heterocycles. The van der Waals surface area contributed by atoms with Crippen LogP contribution in [0.15, 0.2) is 43.0 Å². The number of amides is 4. The van der Waals surface area contributed by atoms with Crippen molar-refractivity contribution in [2.45, 2.75) is 124 Å². The fourth-order valence-corrected chi connectivity index (χ4v) is 4.84. The van der Waals surface area contributed by atoms with Crippen molar-refractivity contribution in [3.05, 3.63) is 48.6 Å². The van der Waals surface area contributed by atoms with E-state index in [-0.39, 0.29) is 31.6 Å². The van der Waals surface area contributed by atoms with Gasteiger partial charge in [-0.15, -0.1) is 6.58 Å². The Balaban J connectivity index is 0.00000354. The maximum atomic E-state index is 13.7. The Labute approximate surface area is 280 Å². The van der Waals surface area contributed by atoms with Crippen LogP contribution >= 0.6 is 0 Å². The summed E-state index contributed by atoms with van der Waals surface area (Å²) in [5.74, 6) is -2.82. The first-order valence-corrected chi connectivity index (χ1v) is 16.5. The Morgan fingerprint density at radius 1 is 1.00 bits per heavy atom. The smallest absolute Gasteiger partial charge is 0.408 e. The molecule has 262 valence electrons. The molecule has 4 amide bonds. The largest absolute Gasteiger partial charge is 0.444 e. The van der Waals surface area contributed by atoms with E-state index in [1.54, 1.807) is 47.6 Å². The van der Waals surface area contributed by atoms with Crippen molar-refractivity contribution in [3.63, 3.8) is 0 Å². The van der Waals surface area contributed by atoms with Crippen molar-refractivity contribution in [1.29, 1.82) is 0 Å². The van der Waals surface area contributed by atoms with Crippen molar-refractivity contribution in [2.24, 2.45) is 5.41 Å². The van der Waals surface area contributed by atoms with Gasteiger partial charge in [-0.05, 0) is 57.4 Å². The zero-order valence-electron chi connectivity index (χ0n) is 29.6. The summed E-state index contributed by atoms with van der Waals surface area (Å²) in [7, 11) is 0. The molecule has 1 unspecified atom stereocenters. The molecule has 1 fully saturated rings. The average Bonchev–Trinajstić information content (AvgIpc) is 3.47. The molecule has 1 saturated heterocycles. The van der Waals surface area contributed by atoms with Gasteiger partial charge in [0.05, 0.1) is 6.04 Å².